The van der Waals surface area contributed by atoms with Crippen LogP contribution in [0, 0.1) is 0 Å². The number of carbonyl (C=O) groups excluding carboxylic acids is 1. The highest BCUT2D eigenvalue weighted by molar-refractivity contribution is 7.98. The number of thioether (sulfide) groups is 1. The van der Waals surface area contributed by atoms with Crippen molar-refractivity contribution in [3.63, 3.8) is 0 Å². The second-order valence-electron chi connectivity index (χ2n) is 5.56. The Morgan fingerprint density at radius 2 is 1.92 bits per heavy atom. The van der Waals surface area contributed by atoms with Crippen LogP contribution < -0.4 is 5.32 Å². The zero-order valence-corrected chi connectivity index (χ0v) is 16.2. The molecule has 0 bridgehead atoms. The van der Waals surface area contributed by atoms with E-state index in [2.05, 4.69) is 5.32 Å². The van der Waals surface area contributed by atoms with Crippen molar-refractivity contribution in [2.75, 3.05) is 33.0 Å². The van der Waals surface area contributed by atoms with E-state index >= 15 is 0 Å². The average molecular weight is 375 g/mol. The predicted octanol–water partition coefficient (Wildman–Crippen LogP) is 1.96. The van der Waals surface area contributed by atoms with E-state index in [0.29, 0.717) is 19.6 Å². The summed E-state index contributed by atoms with van der Waals surface area (Å²) in [6, 6.07) is 6.61. The number of amides is 1. The molecule has 6 nitrogen and oxygen atoms in total. The lowest BCUT2D eigenvalue weighted by atomic mass is 10.4. The van der Waals surface area contributed by atoms with Crippen LogP contribution in [0.15, 0.2) is 34.1 Å². The molecule has 0 radical (unpaired) electrons. The molecule has 0 spiro atoms. The van der Waals surface area contributed by atoms with Crippen molar-refractivity contribution >= 4 is 27.7 Å². The molecule has 8 heteroatoms. The Bertz CT molecular complexity index is 615. The summed E-state index contributed by atoms with van der Waals surface area (Å²) in [5.41, 5.74) is 0. The summed E-state index contributed by atoms with van der Waals surface area (Å²) in [5.74, 6) is -0.327. The average Bonchev–Trinajstić information content (AvgIpc) is 2.54. The Kier molecular flexibility index (Phi) is 8.75. The highest BCUT2D eigenvalue weighted by atomic mass is 32.2. The number of rotatable bonds is 10. The minimum absolute atomic E-state index is 0.162. The van der Waals surface area contributed by atoms with Gasteiger partial charge in [-0.2, -0.15) is 4.31 Å². The quantitative estimate of drug-likeness (QED) is 0.500. The molecule has 1 aromatic carbocycles. The number of sulfonamides is 1. The Morgan fingerprint density at radius 3 is 2.46 bits per heavy atom. The highest BCUT2D eigenvalue weighted by Crippen LogP contribution is 2.19. The Balaban J connectivity index is 2.49. The van der Waals surface area contributed by atoms with Crippen molar-refractivity contribution < 1.29 is 17.9 Å². The molecule has 0 saturated heterocycles. The van der Waals surface area contributed by atoms with Gasteiger partial charge in [-0.1, -0.05) is 0 Å². The molecular formula is C16H26N2O4S2. The first-order valence-electron chi connectivity index (χ1n) is 7.76. The third-order valence-corrected chi connectivity index (χ3v) is 5.79. The number of likely N-dealkylation sites (N-methyl/N-ethyl adjacent to an activating group) is 1. The van der Waals surface area contributed by atoms with Crippen LogP contribution in [-0.2, 0) is 19.6 Å². The molecule has 0 saturated carbocycles. The third-order valence-electron chi connectivity index (χ3n) is 3.23. The normalized spacial score (nSPS) is 11.9. The van der Waals surface area contributed by atoms with Gasteiger partial charge >= 0.3 is 0 Å². The standard InChI is InChI=1S/C16H26N2O4S2/c1-13(2)22-11-5-10-17-16(19)12-18(3)24(20,21)15-8-6-14(23-4)7-9-15/h6-9,13H,5,10-12H2,1-4H3,(H,17,19). The van der Waals surface area contributed by atoms with Crippen LogP contribution in [0.25, 0.3) is 0 Å². The fourth-order valence-corrected chi connectivity index (χ4v) is 3.43. The monoisotopic (exact) mass is 374 g/mol. The van der Waals surface area contributed by atoms with Crippen molar-refractivity contribution in [3.8, 4) is 0 Å². The molecule has 0 heterocycles. The first kappa shape index (κ1) is 21.0. The van der Waals surface area contributed by atoms with E-state index in [0.717, 1.165) is 9.20 Å². The summed E-state index contributed by atoms with van der Waals surface area (Å²) in [6.45, 7) is 4.71. The summed E-state index contributed by atoms with van der Waals surface area (Å²) >= 11 is 1.54. The maximum Gasteiger partial charge on any atom is 0.243 e. The van der Waals surface area contributed by atoms with Crippen molar-refractivity contribution in [1.29, 1.82) is 0 Å². The number of carbonyl (C=O) groups is 1. The second-order valence-corrected chi connectivity index (χ2v) is 8.48. The van der Waals surface area contributed by atoms with Crippen molar-refractivity contribution in [2.24, 2.45) is 0 Å². The highest BCUT2D eigenvalue weighted by Gasteiger charge is 2.22. The van der Waals surface area contributed by atoms with Gasteiger partial charge in [-0.25, -0.2) is 8.42 Å². The van der Waals surface area contributed by atoms with E-state index < -0.39 is 10.0 Å². The van der Waals surface area contributed by atoms with Gasteiger partial charge in [0.1, 0.15) is 0 Å². The molecule has 1 amide bonds. The number of benzene rings is 1. The van der Waals surface area contributed by atoms with Crippen molar-refractivity contribution in [1.82, 2.24) is 9.62 Å². The van der Waals surface area contributed by atoms with Gasteiger partial charge in [-0.15, -0.1) is 11.8 Å². The van der Waals surface area contributed by atoms with Crippen LogP contribution in [-0.4, -0.2) is 57.7 Å². The second kappa shape index (κ2) is 10.0. The fourth-order valence-electron chi connectivity index (χ4n) is 1.89. The number of hydrogen-bond donors (Lipinski definition) is 1. The predicted molar refractivity (Wildman–Crippen MR) is 96.8 cm³/mol. The first-order valence-corrected chi connectivity index (χ1v) is 10.4. The SMILES string of the molecule is CSc1ccc(S(=O)(=O)N(C)CC(=O)NCCCOC(C)C)cc1. The van der Waals surface area contributed by atoms with E-state index in [1.54, 1.807) is 24.3 Å². The summed E-state index contributed by atoms with van der Waals surface area (Å²) in [7, 11) is -2.26. The number of hydrogen-bond acceptors (Lipinski definition) is 5. The smallest absolute Gasteiger partial charge is 0.243 e. The van der Waals surface area contributed by atoms with Gasteiger partial charge in [0, 0.05) is 25.1 Å². The van der Waals surface area contributed by atoms with Crippen molar-refractivity contribution in [2.45, 2.75) is 36.2 Å². The van der Waals surface area contributed by atoms with Crippen LogP contribution in [0.3, 0.4) is 0 Å². The zero-order chi connectivity index (χ0) is 18.2. The van der Waals surface area contributed by atoms with Gasteiger partial charge in [0.05, 0.1) is 17.5 Å². The minimum Gasteiger partial charge on any atom is -0.379 e. The lowest BCUT2D eigenvalue weighted by Crippen LogP contribution is -2.38. The summed E-state index contributed by atoms with van der Waals surface area (Å²) in [6.07, 6.45) is 2.78. The van der Waals surface area contributed by atoms with Gasteiger partial charge in [-0.3, -0.25) is 4.79 Å². The summed E-state index contributed by atoms with van der Waals surface area (Å²) in [4.78, 5) is 13.0. The summed E-state index contributed by atoms with van der Waals surface area (Å²) in [5, 5.41) is 2.70. The van der Waals surface area contributed by atoms with Crippen LogP contribution in [0.2, 0.25) is 0 Å². The first-order chi connectivity index (χ1) is 11.3. The summed E-state index contributed by atoms with van der Waals surface area (Å²) < 4.78 is 31.3. The van der Waals surface area contributed by atoms with Gasteiger partial charge < -0.3 is 10.1 Å². The fraction of sp³-hybridized carbons (Fsp3) is 0.562. The maximum absolute atomic E-state index is 12.4. The van der Waals surface area contributed by atoms with Gasteiger partial charge in [0.15, 0.2) is 0 Å². The van der Waals surface area contributed by atoms with E-state index in [-0.39, 0.29) is 23.5 Å². The molecule has 24 heavy (non-hydrogen) atoms. The van der Waals surface area contributed by atoms with Crippen LogP contribution in [0.4, 0.5) is 0 Å². The lowest BCUT2D eigenvalue weighted by molar-refractivity contribution is -0.121. The van der Waals surface area contributed by atoms with E-state index in [1.807, 2.05) is 20.1 Å². The van der Waals surface area contributed by atoms with Gasteiger partial charge in [0.2, 0.25) is 15.9 Å². The van der Waals surface area contributed by atoms with Gasteiger partial charge in [0.25, 0.3) is 0 Å². The Morgan fingerprint density at radius 1 is 1.29 bits per heavy atom. The Labute approximate surface area is 149 Å². The molecule has 136 valence electrons. The van der Waals surface area contributed by atoms with E-state index in [1.165, 1.54) is 18.8 Å². The zero-order valence-electron chi connectivity index (χ0n) is 14.6. The van der Waals surface area contributed by atoms with E-state index in [4.69, 9.17) is 4.74 Å². The molecule has 0 fully saturated rings. The lowest BCUT2D eigenvalue weighted by Gasteiger charge is -2.17. The maximum atomic E-state index is 12.4. The third kappa shape index (κ3) is 6.80. The largest absolute Gasteiger partial charge is 0.379 e. The molecular weight excluding hydrogens is 348 g/mol. The van der Waals surface area contributed by atoms with Crippen LogP contribution in [0.5, 0.6) is 0 Å². The topological polar surface area (TPSA) is 75.7 Å². The number of nitrogens with one attached hydrogen (secondary N) is 1. The van der Waals surface area contributed by atoms with Gasteiger partial charge in [-0.05, 0) is 50.8 Å². The molecule has 0 aliphatic carbocycles. The van der Waals surface area contributed by atoms with Crippen LogP contribution >= 0.6 is 11.8 Å². The molecule has 1 aromatic rings. The molecule has 0 atom stereocenters. The molecule has 1 N–H and O–H groups in total. The number of nitrogens with zero attached hydrogens (tertiary/aromatic N) is 1. The molecule has 1 rings (SSSR count). The molecule has 0 aliphatic rings. The minimum atomic E-state index is -3.67. The molecule has 0 unspecified atom stereocenters. The number of ether oxygens (including phenoxy) is 1. The van der Waals surface area contributed by atoms with Crippen LogP contribution in [0.1, 0.15) is 20.3 Å². The molecule has 0 aromatic heterocycles. The van der Waals surface area contributed by atoms with Crippen molar-refractivity contribution in [3.05, 3.63) is 24.3 Å². The van der Waals surface area contributed by atoms with E-state index in [9.17, 15) is 13.2 Å². The molecule has 0 aliphatic heterocycles. The Hall–Kier alpha value is -1.09.